The molecule has 190 valence electrons. The van der Waals surface area contributed by atoms with Gasteiger partial charge in [-0.2, -0.15) is 8.42 Å². The van der Waals surface area contributed by atoms with Gasteiger partial charge < -0.3 is 19.1 Å². The summed E-state index contributed by atoms with van der Waals surface area (Å²) >= 11 is 0. The Balaban J connectivity index is 0.00000380. The van der Waals surface area contributed by atoms with Crippen molar-refractivity contribution < 1.29 is 57.0 Å². The van der Waals surface area contributed by atoms with Crippen molar-refractivity contribution in [2.75, 3.05) is 10.8 Å². The minimum Gasteiger partial charge on any atom is -0.545 e. The van der Waals surface area contributed by atoms with Crippen molar-refractivity contribution >= 4 is 27.8 Å². The van der Waals surface area contributed by atoms with E-state index < -0.39 is 16.0 Å². The number of benzene rings is 2. The number of carbonyl (C=O) groups is 1. The minimum absolute atomic E-state index is 0. The van der Waals surface area contributed by atoms with Crippen LogP contribution in [0.3, 0.4) is 0 Å². The van der Waals surface area contributed by atoms with Crippen molar-refractivity contribution in [2.24, 2.45) is 5.92 Å². The molecule has 0 amide bonds. The molecule has 0 saturated heterocycles. The Labute approximate surface area is 240 Å². The van der Waals surface area contributed by atoms with Gasteiger partial charge >= 0.3 is 29.6 Å². The first-order valence-electron chi connectivity index (χ1n) is 12.0. The molecule has 4 rings (SSSR count). The smallest absolute Gasteiger partial charge is 0.545 e. The van der Waals surface area contributed by atoms with Crippen LogP contribution in [0.5, 0.6) is 5.75 Å². The van der Waals surface area contributed by atoms with Gasteiger partial charge in [0, 0.05) is 6.54 Å². The summed E-state index contributed by atoms with van der Waals surface area (Å²) in [6.45, 7) is 6.16. The molecule has 1 heterocycles. The number of hydrogen-bond acceptors (Lipinski definition) is 6. The van der Waals surface area contributed by atoms with Crippen molar-refractivity contribution in [2.45, 2.75) is 51.7 Å². The van der Waals surface area contributed by atoms with Gasteiger partial charge in [0.05, 0.1) is 11.7 Å². The third-order valence-electron chi connectivity index (χ3n) is 6.02. The predicted octanol–water partition coefficient (Wildman–Crippen LogP) is 1.27. The van der Waals surface area contributed by atoms with Gasteiger partial charge in [-0.05, 0) is 84.7 Å². The number of rotatable bonds is 10. The zero-order valence-corrected chi connectivity index (χ0v) is 24.5. The molecular formula is C28H30NNaO6S. The number of nitrogens with zero attached hydrogens (tertiary/aromatic N) is 1. The molecule has 7 nitrogen and oxygen atoms in total. The van der Waals surface area contributed by atoms with Crippen LogP contribution in [0, 0.1) is 12.8 Å². The third kappa shape index (κ3) is 7.08. The summed E-state index contributed by atoms with van der Waals surface area (Å²) in [6.07, 6.45) is 5.29. The van der Waals surface area contributed by atoms with Crippen molar-refractivity contribution in [3.8, 4) is 5.75 Å². The van der Waals surface area contributed by atoms with Gasteiger partial charge in [0.1, 0.15) is 18.1 Å². The van der Waals surface area contributed by atoms with Crippen LogP contribution in [0.4, 0.5) is 5.69 Å². The minimum atomic E-state index is -3.94. The Kier molecular flexibility index (Phi) is 9.69. The maximum absolute atomic E-state index is 13.7. The first-order valence-corrected chi connectivity index (χ1v) is 13.4. The van der Waals surface area contributed by atoms with Gasteiger partial charge in [0.15, 0.2) is 0 Å². The zero-order chi connectivity index (χ0) is 25.9. The summed E-state index contributed by atoms with van der Waals surface area (Å²) in [4.78, 5) is 10.6. The molecule has 1 aliphatic carbocycles. The molecule has 0 unspecified atom stereocenters. The molecule has 0 bridgehead atoms. The number of aliphatic carboxylic acids is 1. The van der Waals surface area contributed by atoms with Crippen molar-refractivity contribution in [1.29, 1.82) is 0 Å². The second-order valence-corrected chi connectivity index (χ2v) is 11.2. The van der Waals surface area contributed by atoms with Gasteiger partial charge in [-0.15, -0.1) is 0 Å². The van der Waals surface area contributed by atoms with Gasteiger partial charge in [-0.1, -0.05) is 44.2 Å². The van der Waals surface area contributed by atoms with Crippen molar-refractivity contribution in [1.82, 2.24) is 0 Å². The number of fused-ring (bicyclic) bond motifs is 1. The number of carboxylic acids is 1. The standard InChI is InChI=1S/C28H31NO6S.Na/c1-19(2)17-29(36(32,33)28-14-7-20(3)35-28)25-15-23-5-4-6-24(23)16-26(25)34-18-22-10-8-21(9-11-22)12-13-27(30)31;/h7-16,19H,4-6,17-18H2,1-3H3,(H,30,31);/q;+1/p-1/b13-12+;. The van der Waals surface area contributed by atoms with E-state index in [1.54, 1.807) is 25.1 Å². The van der Waals surface area contributed by atoms with Crippen LogP contribution >= 0.6 is 0 Å². The van der Waals surface area contributed by atoms with E-state index >= 15 is 0 Å². The van der Waals surface area contributed by atoms with Crippen LogP contribution in [-0.2, 0) is 34.3 Å². The summed E-state index contributed by atoms with van der Waals surface area (Å²) < 4.78 is 40.5. The average Bonchev–Trinajstić information content (AvgIpc) is 3.48. The summed E-state index contributed by atoms with van der Waals surface area (Å²) in [5.41, 5.74) is 4.41. The van der Waals surface area contributed by atoms with E-state index in [0.29, 0.717) is 17.2 Å². The topological polar surface area (TPSA) is 99.9 Å². The number of hydrogen-bond donors (Lipinski definition) is 0. The summed E-state index contributed by atoms with van der Waals surface area (Å²) in [5, 5.41) is 10.5. The van der Waals surface area contributed by atoms with Crippen LogP contribution in [0.2, 0.25) is 0 Å². The Morgan fingerprint density at radius 3 is 2.38 bits per heavy atom. The predicted molar refractivity (Wildman–Crippen MR) is 136 cm³/mol. The molecule has 2 aromatic carbocycles. The van der Waals surface area contributed by atoms with Crippen LogP contribution in [0.1, 0.15) is 48.3 Å². The maximum atomic E-state index is 13.7. The normalized spacial score (nSPS) is 13.0. The van der Waals surface area contributed by atoms with Gasteiger partial charge in [0.2, 0.25) is 5.09 Å². The van der Waals surface area contributed by atoms with Gasteiger partial charge in [0.25, 0.3) is 10.0 Å². The molecule has 0 N–H and O–H groups in total. The Morgan fingerprint density at radius 1 is 1.11 bits per heavy atom. The first-order chi connectivity index (χ1) is 17.1. The number of carboxylic acid groups (broad SMARTS) is 1. The summed E-state index contributed by atoms with van der Waals surface area (Å²) in [7, 11) is -3.94. The number of carbonyl (C=O) groups excluding carboxylic acids is 1. The van der Waals surface area contributed by atoms with Crippen LogP contribution in [-0.4, -0.2) is 20.9 Å². The van der Waals surface area contributed by atoms with E-state index in [0.717, 1.165) is 42.0 Å². The van der Waals surface area contributed by atoms with E-state index in [1.807, 2.05) is 38.1 Å². The quantitative estimate of drug-likeness (QED) is 0.289. The van der Waals surface area contributed by atoms with E-state index in [-0.39, 0.29) is 53.7 Å². The second-order valence-electron chi connectivity index (χ2n) is 9.42. The number of sulfonamides is 1. The Morgan fingerprint density at radius 2 is 1.78 bits per heavy atom. The van der Waals surface area contributed by atoms with Gasteiger partial charge in [-0.3, -0.25) is 4.31 Å². The van der Waals surface area contributed by atoms with E-state index in [1.165, 1.54) is 22.0 Å². The van der Waals surface area contributed by atoms with Crippen LogP contribution < -0.4 is 43.7 Å². The second kappa shape index (κ2) is 12.3. The molecule has 0 saturated carbocycles. The molecule has 0 fully saturated rings. The van der Waals surface area contributed by atoms with E-state index in [9.17, 15) is 18.3 Å². The van der Waals surface area contributed by atoms with E-state index in [2.05, 4.69) is 0 Å². The monoisotopic (exact) mass is 531 g/mol. The fraction of sp³-hybridized carbons (Fsp3) is 0.321. The molecule has 9 heteroatoms. The largest absolute Gasteiger partial charge is 1.00 e. The van der Waals surface area contributed by atoms with Crippen molar-refractivity contribution in [3.63, 3.8) is 0 Å². The number of furan rings is 1. The maximum Gasteiger partial charge on any atom is 1.00 e. The third-order valence-corrected chi connectivity index (χ3v) is 7.67. The van der Waals surface area contributed by atoms with Crippen LogP contribution in [0.15, 0.2) is 64.1 Å². The molecule has 0 spiro atoms. The Bertz CT molecular complexity index is 1380. The molecular weight excluding hydrogens is 501 g/mol. The van der Waals surface area contributed by atoms with Gasteiger partial charge in [-0.25, -0.2) is 0 Å². The molecule has 3 aromatic rings. The fourth-order valence-electron chi connectivity index (χ4n) is 4.27. The SMILES string of the molecule is Cc1ccc(S(=O)(=O)N(CC(C)C)c2cc3c(cc2OCc2ccc(/C=C/C(=O)[O-])cc2)CCC3)o1.[Na+]. The first kappa shape index (κ1) is 29.0. The molecule has 1 aromatic heterocycles. The Hall–Kier alpha value is -2.52. The summed E-state index contributed by atoms with van der Waals surface area (Å²) in [6, 6.07) is 14.3. The zero-order valence-electron chi connectivity index (χ0n) is 21.7. The molecule has 1 aliphatic rings. The molecule has 37 heavy (non-hydrogen) atoms. The number of ether oxygens (including phenoxy) is 1. The molecule has 0 aliphatic heterocycles. The van der Waals surface area contributed by atoms with Crippen LogP contribution in [0.25, 0.3) is 6.08 Å². The summed E-state index contributed by atoms with van der Waals surface area (Å²) in [5.74, 6) is -0.152. The average molecular weight is 532 g/mol. The molecule has 0 radical (unpaired) electrons. The number of aryl methyl sites for hydroxylation is 3. The number of anilines is 1. The molecule has 0 atom stereocenters. The van der Waals surface area contributed by atoms with E-state index in [4.69, 9.17) is 9.15 Å². The van der Waals surface area contributed by atoms with Crippen molar-refractivity contribution in [3.05, 3.63) is 82.6 Å². The fourth-order valence-corrected chi connectivity index (χ4v) is 5.86.